The summed E-state index contributed by atoms with van der Waals surface area (Å²) in [6.07, 6.45) is 5.65. The van der Waals surface area contributed by atoms with Crippen molar-refractivity contribution >= 4 is 6.03 Å². The van der Waals surface area contributed by atoms with E-state index >= 15 is 0 Å². The van der Waals surface area contributed by atoms with E-state index in [0.29, 0.717) is 6.54 Å². The number of carbonyl (C=O) groups excluding carboxylic acids is 1. The van der Waals surface area contributed by atoms with Crippen molar-refractivity contribution in [1.82, 2.24) is 10.2 Å². The van der Waals surface area contributed by atoms with Gasteiger partial charge in [0.2, 0.25) is 0 Å². The van der Waals surface area contributed by atoms with Crippen molar-refractivity contribution in [2.24, 2.45) is 5.73 Å². The molecule has 0 bridgehead atoms. The van der Waals surface area contributed by atoms with Crippen molar-refractivity contribution in [2.45, 2.75) is 64.0 Å². The normalized spacial score (nSPS) is 19.8. The third kappa shape index (κ3) is 3.60. The number of amides is 2. The zero-order chi connectivity index (χ0) is 13.1. The van der Waals surface area contributed by atoms with Gasteiger partial charge in [-0.2, -0.15) is 0 Å². The van der Waals surface area contributed by atoms with Crippen LogP contribution < -0.4 is 11.1 Å². The molecule has 100 valence electrons. The third-order valence-corrected chi connectivity index (χ3v) is 3.66. The molecule has 0 aromatic carbocycles. The number of rotatable bonds is 2. The Balaban J connectivity index is 2.71. The van der Waals surface area contributed by atoms with E-state index in [1.54, 1.807) is 0 Å². The molecule has 0 aliphatic heterocycles. The molecule has 4 heteroatoms. The molecular formula is C13H27N3O. The van der Waals surface area contributed by atoms with Gasteiger partial charge >= 0.3 is 6.03 Å². The molecule has 1 aliphatic rings. The Hall–Kier alpha value is -0.770. The fourth-order valence-electron chi connectivity index (χ4n) is 2.51. The Bertz CT molecular complexity index is 264. The molecule has 0 aromatic rings. The van der Waals surface area contributed by atoms with E-state index < -0.39 is 0 Å². The summed E-state index contributed by atoms with van der Waals surface area (Å²) in [7, 11) is 1.87. The van der Waals surface area contributed by atoms with Crippen molar-refractivity contribution in [3.8, 4) is 0 Å². The highest BCUT2D eigenvalue weighted by atomic mass is 16.2. The lowest BCUT2D eigenvalue weighted by Gasteiger charge is -2.44. The van der Waals surface area contributed by atoms with Gasteiger partial charge in [-0.1, -0.05) is 19.3 Å². The van der Waals surface area contributed by atoms with Crippen LogP contribution in [0, 0.1) is 0 Å². The van der Waals surface area contributed by atoms with Crippen LogP contribution >= 0.6 is 0 Å². The molecule has 1 rings (SSSR count). The highest BCUT2D eigenvalue weighted by molar-refractivity contribution is 5.75. The molecule has 1 aliphatic carbocycles. The quantitative estimate of drug-likeness (QED) is 0.777. The summed E-state index contributed by atoms with van der Waals surface area (Å²) in [5, 5.41) is 3.01. The maximum absolute atomic E-state index is 12.2. The molecule has 0 saturated heterocycles. The molecule has 4 nitrogen and oxygen atoms in total. The highest BCUT2D eigenvalue weighted by Gasteiger charge is 2.37. The van der Waals surface area contributed by atoms with Gasteiger partial charge in [-0.05, 0) is 33.6 Å². The van der Waals surface area contributed by atoms with E-state index in [0.717, 1.165) is 12.8 Å². The summed E-state index contributed by atoms with van der Waals surface area (Å²) < 4.78 is 0. The summed E-state index contributed by atoms with van der Waals surface area (Å²) >= 11 is 0. The molecule has 3 N–H and O–H groups in total. The van der Waals surface area contributed by atoms with Crippen LogP contribution in [0.25, 0.3) is 0 Å². The predicted octanol–water partition coefficient (Wildman–Crippen LogP) is 2.09. The van der Waals surface area contributed by atoms with Gasteiger partial charge in [-0.25, -0.2) is 4.79 Å². The first-order valence-corrected chi connectivity index (χ1v) is 6.57. The van der Waals surface area contributed by atoms with E-state index in [4.69, 9.17) is 5.73 Å². The number of likely N-dealkylation sites (N-methyl/N-ethyl adjacent to an activating group) is 1. The molecule has 0 radical (unpaired) electrons. The average Bonchev–Trinajstić information content (AvgIpc) is 2.26. The minimum atomic E-state index is -0.199. The number of carbonyl (C=O) groups is 1. The first kappa shape index (κ1) is 14.3. The summed E-state index contributed by atoms with van der Waals surface area (Å²) in [5.74, 6) is 0. The lowest BCUT2D eigenvalue weighted by atomic mass is 9.80. The van der Waals surface area contributed by atoms with Crippen LogP contribution in [-0.4, -0.2) is 35.6 Å². The van der Waals surface area contributed by atoms with Crippen LogP contribution in [-0.2, 0) is 0 Å². The Kier molecular flexibility index (Phi) is 4.42. The van der Waals surface area contributed by atoms with E-state index in [2.05, 4.69) is 5.32 Å². The fraction of sp³-hybridized carbons (Fsp3) is 0.923. The fourth-order valence-corrected chi connectivity index (χ4v) is 2.51. The molecule has 1 fully saturated rings. The van der Waals surface area contributed by atoms with Gasteiger partial charge in [0.1, 0.15) is 0 Å². The lowest BCUT2D eigenvalue weighted by Crippen LogP contribution is -2.60. The summed E-state index contributed by atoms with van der Waals surface area (Å²) in [6.45, 7) is 6.54. The van der Waals surface area contributed by atoms with E-state index in [-0.39, 0.29) is 17.1 Å². The lowest BCUT2D eigenvalue weighted by molar-refractivity contribution is 0.0998. The van der Waals surface area contributed by atoms with Crippen LogP contribution in [0.2, 0.25) is 0 Å². The topological polar surface area (TPSA) is 58.4 Å². The second-order valence-electron chi connectivity index (χ2n) is 6.23. The molecule has 0 atom stereocenters. The zero-order valence-electron chi connectivity index (χ0n) is 11.7. The van der Waals surface area contributed by atoms with Crippen LogP contribution in [0.15, 0.2) is 0 Å². The average molecular weight is 241 g/mol. The molecule has 0 aromatic heterocycles. The van der Waals surface area contributed by atoms with E-state index in [9.17, 15) is 4.79 Å². The standard InChI is InChI=1S/C13H27N3O/c1-12(2,3)15-11(17)16(4)13(10-14)8-6-5-7-9-13/h5-10,14H2,1-4H3,(H,15,17). The zero-order valence-corrected chi connectivity index (χ0v) is 11.7. The Morgan fingerprint density at radius 2 is 1.82 bits per heavy atom. The van der Waals surface area contributed by atoms with Gasteiger partial charge < -0.3 is 16.0 Å². The van der Waals surface area contributed by atoms with Gasteiger partial charge in [-0.15, -0.1) is 0 Å². The van der Waals surface area contributed by atoms with Crippen molar-refractivity contribution in [1.29, 1.82) is 0 Å². The summed E-state index contributed by atoms with van der Waals surface area (Å²) in [5.41, 5.74) is 5.59. The van der Waals surface area contributed by atoms with Gasteiger partial charge in [0.05, 0.1) is 5.54 Å². The second kappa shape index (κ2) is 5.25. The smallest absolute Gasteiger partial charge is 0.318 e. The van der Waals surface area contributed by atoms with Crippen molar-refractivity contribution in [3.63, 3.8) is 0 Å². The molecular weight excluding hydrogens is 214 g/mol. The van der Waals surface area contributed by atoms with Crippen molar-refractivity contribution in [3.05, 3.63) is 0 Å². The van der Waals surface area contributed by atoms with Crippen molar-refractivity contribution < 1.29 is 4.79 Å². The Morgan fingerprint density at radius 3 is 2.24 bits per heavy atom. The van der Waals surface area contributed by atoms with Gasteiger partial charge in [0.15, 0.2) is 0 Å². The van der Waals surface area contributed by atoms with E-state index in [1.807, 2.05) is 32.7 Å². The monoisotopic (exact) mass is 241 g/mol. The number of nitrogens with one attached hydrogen (secondary N) is 1. The van der Waals surface area contributed by atoms with Gasteiger partial charge in [0.25, 0.3) is 0 Å². The number of nitrogens with two attached hydrogens (primary N) is 1. The van der Waals surface area contributed by atoms with Crippen LogP contribution in [0.4, 0.5) is 4.79 Å². The minimum Gasteiger partial charge on any atom is -0.333 e. The first-order chi connectivity index (χ1) is 7.81. The molecule has 1 saturated carbocycles. The number of hydrogen-bond donors (Lipinski definition) is 2. The minimum absolute atomic E-state index is 0.00940. The second-order valence-corrected chi connectivity index (χ2v) is 6.23. The van der Waals surface area contributed by atoms with Gasteiger partial charge in [-0.3, -0.25) is 0 Å². The molecule has 0 heterocycles. The van der Waals surface area contributed by atoms with E-state index in [1.165, 1.54) is 19.3 Å². The molecule has 0 unspecified atom stereocenters. The maximum atomic E-state index is 12.2. The number of urea groups is 1. The molecule has 17 heavy (non-hydrogen) atoms. The van der Waals surface area contributed by atoms with Crippen molar-refractivity contribution in [2.75, 3.05) is 13.6 Å². The third-order valence-electron chi connectivity index (χ3n) is 3.66. The largest absolute Gasteiger partial charge is 0.333 e. The SMILES string of the molecule is CN(C(=O)NC(C)(C)C)C1(CN)CCCCC1. The number of nitrogens with zero attached hydrogens (tertiary/aromatic N) is 1. The van der Waals surface area contributed by atoms with Gasteiger partial charge in [0, 0.05) is 19.1 Å². The Labute approximate surface area is 105 Å². The molecule has 0 spiro atoms. The summed E-state index contributed by atoms with van der Waals surface area (Å²) in [6, 6.07) is -0.00940. The first-order valence-electron chi connectivity index (χ1n) is 6.57. The van der Waals surface area contributed by atoms with Crippen LogP contribution in [0.1, 0.15) is 52.9 Å². The molecule has 2 amide bonds. The number of hydrogen-bond acceptors (Lipinski definition) is 2. The predicted molar refractivity (Wildman–Crippen MR) is 70.9 cm³/mol. The van der Waals surface area contributed by atoms with Crippen LogP contribution in [0.5, 0.6) is 0 Å². The summed E-state index contributed by atoms with van der Waals surface area (Å²) in [4.78, 5) is 14.0. The van der Waals surface area contributed by atoms with Crippen LogP contribution in [0.3, 0.4) is 0 Å². The Morgan fingerprint density at radius 1 is 1.29 bits per heavy atom. The highest BCUT2D eigenvalue weighted by Crippen LogP contribution is 2.32. The maximum Gasteiger partial charge on any atom is 0.318 e.